The van der Waals surface area contributed by atoms with Crippen LogP contribution in [0.4, 0.5) is 11.4 Å². The van der Waals surface area contributed by atoms with E-state index in [1.807, 2.05) is 72.2 Å². The molecule has 6 rings (SSSR count). The van der Waals surface area contributed by atoms with E-state index in [1.54, 1.807) is 0 Å². The molecule has 0 fully saturated rings. The number of hydrogen-bond acceptors (Lipinski definition) is 6. The molecule has 6 N–H and O–H groups in total. The number of aromatic nitrogens is 2. The highest BCUT2D eigenvalue weighted by atomic mass is 16.2. The van der Waals surface area contributed by atoms with E-state index in [-0.39, 0.29) is 11.8 Å². The number of aryl methyl sites for hydroxylation is 2. The second-order valence-electron chi connectivity index (χ2n) is 15.4. The molecule has 0 radical (unpaired) electrons. The fourth-order valence-electron chi connectivity index (χ4n) is 7.40. The number of fused-ring (bicyclic) bond motifs is 2. The number of nitrogen functional groups attached to an aromatic ring is 1. The smallest absolute Gasteiger partial charge is 0.251 e. The molecule has 0 saturated heterocycles. The van der Waals surface area contributed by atoms with E-state index in [0.29, 0.717) is 29.9 Å². The van der Waals surface area contributed by atoms with E-state index in [4.69, 9.17) is 17.1 Å². The third kappa shape index (κ3) is 10.8. The molecule has 9 nitrogen and oxygen atoms in total. The lowest BCUT2D eigenvalue weighted by Gasteiger charge is -2.15. The Balaban J connectivity index is 0.850. The third-order valence-corrected chi connectivity index (χ3v) is 11.0. The molecular formula is C49H58N7O2+. The van der Waals surface area contributed by atoms with Crippen LogP contribution in [0, 0.1) is 26.3 Å². The van der Waals surface area contributed by atoms with Gasteiger partial charge in [0.1, 0.15) is 11.0 Å². The number of nitrogens with zero attached hydrogens (tertiary/aromatic N) is 2. The Morgan fingerprint density at radius 3 is 1.71 bits per heavy atom. The van der Waals surface area contributed by atoms with Crippen molar-refractivity contribution in [2.24, 2.45) is 0 Å². The van der Waals surface area contributed by atoms with Crippen LogP contribution in [0.1, 0.15) is 103 Å². The summed E-state index contributed by atoms with van der Waals surface area (Å²) < 4.78 is 1.82. The maximum absolute atomic E-state index is 12.8. The predicted molar refractivity (Wildman–Crippen MR) is 239 cm³/mol. The largest absolute Gasteiger partial charge is 0.398 e. The molecule has 0 unspecified atom stereocenters. The zero-order chi connectivity index (χ0) is 40.9. The van der Waals surface area contributed by atoms with Crippen molar-refractivity contribution in [3.8, 4) is 23.6 Å². The maximum atomic E-state index is 12.8. The number of anilines is 2. The van der Waals surface area contributed by atoms with Gasteiger partial charge in [0.15, 0.2) is 0 Å². The van der Waals surface area contributed by atoms with Gasteiger partial charge >= 0.3 is 0 Å². The molecule has 300 valence electrons. The summed E-state index contributed by atoms with van der Waals surface area (Å²) in [6, 6.07) is 26.1. The molecule has 9 heteroatoms. The summed E-state index contributed by atoms with van der Waals surface area (Å²) in [6.07, 6.45) is 21.1. The van der Waals surface area contributed by atoms with Crippen LogP contribution in [0.3, 0.4) is 0 Å². The van der Waals surface area contributed by atoms with Gasteiger partial charge in [0, 0.05) is 66.5 Å². The number of terminal acetylenes is 1. The molecule has 0 saturated carbocycles. The van der Waals surface area contributed by atoms with Crippen LogP contribution < -0.4 is 31.6 Å². The molecule has 0 aliphatic heterocycles. The summed E-state index contributed by atoms with van der Waals surface area (Å²) in [7, 11) is 0. The van der Waals surface area contributed by atoms with Crippen LogP contribution >= 0.6 is 0 Å². The van der Waals surface area contributed by atoms with Crippen molar-refractivity contribution < 1.29 is 14.2 Å². The maximum Gasteiger partial charge on any atom is 0.251 e. The molecule has 0 bridgehead atoms. The number of nitrogens with two attached hydrogens (primary N) is 1. The van der Waals surface area contributed by atoms with Crippen LogP contribution in [0.15, 0.2) is 96.2 Å². The first-order valence-electron chi connectivity index (χ1n) is 20.9. The van der Waals surface area contributed by atoms with E-state index in [1.165, 1.54) is 11.3 Å². The summed E-state index contributed by atoms with van der Waals surface area (Å²) in [5.41, 5.74) is 19.3. The average Bonchev–Trinajstić information content (AvgIpc) is 3.23. The number of unbranched alkanes of at least 4 members (excludes halogenated alkanes) is 6. The minimum atomic E-state index is -0.0717. The highest BCUT2D eigenvalue weighted by Gasteiger charge is 2.19. The number of rotatable bonds is 19. The quantitative estimate of drug-likeness (QED) is 0.0188. The third-order valence-electron chi connectivity index (χ3n) is 11.0. The minimum Gasteiger partial charge on any atom is -0.398 e. The lowest BCUT2D eigenvalue weighted by molar-refractivity contribution is -0.524. The van der Waals surface area contributed by atoms with Crippen molar-refractivity contribution in [1.29, 1.82) is 0 Å². The number of allylic oxidation sites excluding steroid dienone is 3. The highest BCUT2D eigenvalue weighted by molar-refractivity contribution is 5.95. The van der Waals surface area contributed by atoms with Crippen LogP contribution in [0.2, 0.25) is 0 Å². The van der Waals surface area contributed by atoms with Gasteiger partial charge in [0.2, 0.25) is 17.1 Å². The molecule has 5 aromatic rings. The SMILES string of the molecule is C#C[n+]1c2cc(N)c(C)cc2nc2cc(C)c(NCCCCCCNC(=O)c3ccc(-c4ccc(C(=O)NCCCCCCNC5=CCCC=C5C)cc4)cc3)cc21. The van der Waals surface area contributed by atoms with Gasteiger partial charge in [-0.1, -0.05) is 62.1 Å². The first kappa shape index (κ1) is 41.5. The van der Waals surface area contributed by atoms with Crippen molar-refractivity contribution in [3.05, 3.63) is 118 Å². The fraction of sp³-hybridized carbons (Fsp3) is 0.347. The average molecular weight is 777 g/mol. The van der Waals surface area contributed by atoms with E-state index < -0.39 is 0 Å². The van der Waals surface area contributed by atoms with Gasteiger partial charge in [0.25, 0.3) is 11.8 Å². The van der Waals surface area contributed by atoms with Crippen molar-refractivity contribution in [1.82, 2.24) is 20.9 Å². The summed E-state index contributed by atoms with van der Waals surface area (Å²) >= 11 is 0. The molecule has 1 aromatic heterocycles. The zero-order valence-corrected chi connectivity index (χ0v) is 34.3. The predicted octanol–water partition coefficient (Wildman–Crippen LogP) is 8.89. The number of nitrogens with one attached hydrogen (secondary N) is 4. The summed E-state index contributed by atoms with van der Waals surface area (Å²) in [6.45, 7) is 9.35. The van der Waals surface area contributed by atoms with Crippen LogP contribution in [-0.4, -0.2) is 43.0 Å². The zero-order valence-electron chi connectivity index (χ0n) is 34.3. The molecule has 0 spiro atoms. The normalized spacial score (nSPS) is 12.4. The van der Waals surface area contributed by atoms with Gasteiger partial charge in [-0.25, -0.2) is 4.98 Å². The van der Waals surface area contributed by atoms with Gasteiger partial charge in [-0.15, -0.1) is 4.57 Å². The second kappa shape index (κ2) is 20.3. The Hall–Kier alpha value is -6.14. The molecule has 2 amide bonds. The number of carbonyl (C=O) groups excluding carboxylic acids is 2. The van der Waals surface area contributed by atoms with Crippen molar-refractivity contribution >= 4 is 45.3 Å². The standard InChI is InChI=1S/C49H57N7O2/c1-5-56-46-32-41(50)35(3)30-44(46)55-45-31-36(4)43(33-47(45)56)52-27-13-7-9-15-29-54-49(58)40-24-20-38(21-25-40)37-18-22-39(23-19-37)48(57)53-28-14-8-6-12-26-51-42-17-11-10-16-34(42)2/h1,16-25,30-33,51H,6-15,26-29H2,2-4H3,(H4,50,52,53,54,57,58)/p+1. The Bertz CT molecular complexity index is 2340. The molecule has 58 heavy (non-hydrogen) atoms. The first-order valence-corrected chi connectivity index (χ1v) is 20.9. The Morgan fingerprint density at radius 1 is 0.655 bits per heavy atom. The Labute approximate surface area is 343 Å². The van der Waals surface area contributed by atoms with Gasteiger partial charge in [-0.2, -0.15) is 0 Å². The second-order valence-corrected chi connectivity index (χ2v) is 15.4. The highest BCUT2D eigenvalue weighted by Crippen LogP contribution is 2.25. The van der Waals surface area contributed by atoms with E-state index in [9.17, 15) is 9.59 Å². The molecule has 1 heterocycles. The number of carbonyl (C=O) groups is 2. The van der Waals surface area contributed by atoms with E-state index >= 15 is 0 Å². The Kier molecular flexibility index (Phi) is 14.5. The van der Waals surface area contributed by atoms with Gasteiger partial charge < -0.3 is 27.0 Å². The fourth-order valence-corrected chi connectivity index (χ4v) is 7.40. The van der Waals surface area contributed by atoms with Crippen LogP contribution in [0.25, 0.3) is 33.2 Å². The number of amides is 2. The molecule has 1 aliphatic carbocycles. The summed E-state index contributed by atoms with van der Waals surface area (Å²) in [5.74, 6) is -0.121. The monoisotopic (exact) mass is 776 g/mol. The first-order chi connectivity index (χ1) is 28.2. The van der Waals surface area contributed by atoms with Gasteiger partial charge in [-0.05, 0) is 130 Å². The molecule has 0 atom stereocenters. The van der Waals surface area contributed by atoms with Crippen molar-refractivity contribution in [2.45, 2.75) is 85.0 Å². The summed E-state index contributed by atoms with van der Waals surface area (Å²) in [4.78, 5) is 30.4. The minimum absolute atomic E-state index is 0.0488. The molecule has 4 aromatic carbocycles. The lowest BCUT2D eigenvalue weighted by Crippen LogP contribution is -2.31. The van der Waals surface area contributed by atoms with Crippen LogP contribution in [0.5, 0.6) is 0 Å². The number of benzene rings is 4. The molecular weight excluding hydrogens is 719 g/mol. The lowest BCUT2D eigenvalue weighted by atomic mass is 10.0. The van der Waals surface area contributed by atoms with Crippen LogP contribution in [-0.2, 0) is 0 Å². The topological polar surface area (TPSA) is 125 Å². The summed E-state index contributed by atoms with van der Waals surface area (Å²) in [5, 5.41) is 13.2. The Morgan fingerprint density at radius 2 is 1.16 bits per heavy atom. The van der Waals surface area contributed by atoms with Crippen molar-refractivity contribution in [3.63, 3.8) is 0 Å². The molecule has 1 aliphatic rings. The van der Waals surface area contributed by atoms with Gasteiger partial charge in [-0.3, -0.25) is 9.59 Å². The number of hydrogen-bond donors (Lipinski definition) is 5. The van der Waals surface area contributed by atoms with Gasteiger partial charge in [0.05, 0.1) is 0 Å². The van der Waals surface area contributed by atoms with Crippen molar-refractivity contribution in [2.75, 3.05) is 37.2 Å². The van der Waals surface area contributed by atoms with E-state index in [2.05, 4.69) is 65.4 Å². The van der Waals surface area contributed by atoms with E-state index in [0.717, 1.165) is 127 Å².